The Hall–Kier alpha value is -1.06. The first kappa shape index (κ1) is 12.0. The summed E-state index contributed by atoms with van der Waals surface area (Å²) in [4.78, 5) is 2.51. The fourth-order valence-electron chi connectivity index (χ4n) is 3.47. The molecule has 0 amide bonds. The zero-order valence-electron chi connectivity index (χ0n) is 11.0. The summed E-state index contributed by atoms with van der Waals surface area (Å²) in [6, 6.07) is 8.45. The van der Waals surface area contributed by atoms with Gasteiger partial charge in [0.2, 0.25) is 0 Å². The van der Waals surface area contributed by atoms with E-state index >= 15 is 0 Å². The Balaban J connectivity index is 1.83. The van der Waals surface area contributed by atoms with Crippen molar-refractivity contribution >= 4 is 5.69 Å². The molecule has 2 aliphatic heterocycles. The largest absolute Gasteiger partial charge is 0.394 e. The lowest BCUT2D eigenvalue weighted by atomic mass is 9.79. The summed E-state index contributed by atoms with van der Waals surface area (Å²) in [7, 11) is 0. The second-order valence-corrected chi connectivity index (χ2v) is 5.84. The second-order valence-electron chi connectivity index (χ2n) is 5.84. The molecule has 2 fully saturated rings. The van der Waals surface area contributed by atoms with Crippen molar-refractivity contribution in [1.82, 2.24) is 4.90 Å². The van der Waals surface area contributed by atoms with E-state index in [4.69, 9.17) is 0 Å². The van der Waals surface area contributed by atoms with Gasteiger partial charge in [-0.3, -0.25) is 0 Å². The van der Waals surface area contributed by atoms with Crippen LogP contribution >= 0.6 is 0 Å². The molecule has 0 saturated carbocycles. The van der Waals surface area contributed by atoms with Gasteiger partial charge in [-0.05, 0) is 49.9 Å². The van der Waals surface area contributed by atoms with Crippen molar-refractivity contribution in [3.8, 4) is 0 Å². The number of rotatable bonds is 3. The van der Waals surface area contributed by atoms with Gasteiger partial charge >= 0.3 is 0 Å². The van der Waals surface area contributed by atoms with Crippen LogP contribution < -0.4 is 5.32 Å². The number of nitrogens with zero attached hydrogens (tertiary/aromatic N) is 1. The zero-order valence-corrected chi connectivity index (χ0v) is 11.0. The van der Waals surface area contributed by atoms with Crippen molar-refractivity contribution in [3.05, 3.63) is 29.8 Å². The molecule has 0 radical (unpaired) electrons. The maximum Gasteiger partial charge on any atom is 0.0665 e. The molecule has 2 saturated heterocycles. The van der Waals surface area contributed by atoms with Gasteiger partial charge in [-0.1, -0.05) is 12.1 Å². The molecule has 2 aliphatic rings. The van der Waals surface area contributed by atoms with Gasteiger partial charge < -0.3 is 15.3 Å². The minimum Gasteiger partial charge on any atom is -0.394 e. The Bertz CT molecular complexity index is 434. The van der Waals surface area contributed by atoms with Crippen molar-refractivity contribution in [1.29, 1.82) is 0 Å². The number of fused-ring (bicyclic) bond motifs is 2. The van der Waals surface area contributed by atoms with Crippen molar-refractivity contribution < 1.29 is 5.11 Å². The van der Waals surface area contributed by atoms with E-state index in [0.717, 1.165) is 25.2 Å². The van der Waals surface area contributed by atoms with Crippen molar-refractivity contribution in [2.75, 3.05) is 31.6 Å². The number of aliphatic hydroxyl groups excluding tert-OH is 1. The van der Waals surface area contributed by atoms with Crippen molar-refractivity contribution in [3.63, 3.8) is 0 Å². The molecule has 1 aromatic carbocycles. The summed E-state index contributed by atoms with van der Waals surface area (Å²) in [5.74, 6) is 0.580. The van der Waals surface area contributed by atoms with Crippen molar-refractivity contribution in [2.24, 2.45) is 5.92 Å². The van der Waals surface area contributed by atoms with E-state index in [1.54, 1.807) is 0 Å². The van der Waals surface area contributed by atoms with Gasteiger partial charge in [0.05, 0.1) is 12.1 Å². The standard InChI is InChI=1S/C15H22N2O/c1-12-3-2-4-14(9-12)16-15(11-18)6-8-17-7-5-13(15)10-17/h2-4,9,13,16,18H,5-8,10-11H2,1H3. The van der Waals surface area contributed by atoms with E-state index in [2.05, 4.69) is 41.4 Å². The summed E-state index contributed by atoms with van der Waals surface area (Å²) in [6.45, 7) is 5.78. The minimum atomic E-state index is -0.110. The first-order valence-electron chi connectivity index (χ1n) is 6.90. The molecule has 98 valence electrons. The van der Waals surface area contributed by atoms with Crippen LogP contribution in [0.2, 0.25) is 0 Å². The molecule has 3 nitrogen and oxygen atoms in total. The van der Waals surface area contributed by atoms with Crippen LogP contribution in [0.4, 0.5) is 5.69 Å². The van der Waals surface area contributed by atoms with Crippen LogP contribution in [0, 0.1) is 12.8 Å². The summed E-state index contributed by atoms with van der Waals surface area (Å²) in [5.41, 5.74) is 2.29. The lowest BCUT2D eigenvalue weighted by Crippen LogP contribution is -2.54. The van der Waals surface area contributed by atoms with Crippen LogP contribution in [-0.4, -0.2) is 41.8 Å². The van der Waals surface area contributed by atoms with Gasteiger partial charge in [0.1, 0.15) is 0 Å². The van der Waals surface area contributed by atoms with E-state index in [1.165, 1.54) is 18.5 Å². The van der Waals surface area contributed by atoms with Gasteiger partial charge in [-0.2, -0.15) is 0 Å². The quantitative estimate of drug-likeness (QED) is 0.854. The highest BCUT2D eigenvalue weighted by molar-refractivity contribution is 5.48. The fraction of sp³-hybridized carbons (Fsp3) is 0.600. The monoisotopic (exact) mass is 246 g/mol. The third-order valence-electron chi connectivity index (χ3n) is 4.62. The molecule has 0 aromatic heterocycles. The van der Waals surface area contributed by atoms with E-state index in [9.17, 15) is 5.11 Å². The first-order chi connectivity index (χ1) is 8.72. The fourth-order valence-corrected chi connectivity index (χ4v) is 3.47. The SMILES string of the molecule is Cc1cccc(NC2(CO)CCN3CCC2C3)c1. The minimum absolute atomic E-state index is 0.110. The van der Waals surface area contributed by atoms with Crippen LogP contribution in [0.5, 0.6) is 0 Å². The summed E-state index contributed by atoms with van der Waals surface area (Å²) < 4.78 is 0. The molecular formula is C15H22N2O. The summed E-state index contributed by atoms with van der Waals surface area (Å²) in [5, 5.41) is 13.5. The molecule has 2 heterocycles. The number of aryl methyl sites for hydroxylation is 1. The third-order valence-corrected chi connectivity index (χ3v) is 4.62. The van der Waals surface area contributed by atoms with E-state index in [0.29, 0.717) is 5.92 Å². The van der Waals surface area contributed by atoms with Gasteiger partial charge in [0.15, 0.2) is 0 Å². The highest BCUT2D eigenvalue weighted by atomic mass is 16.3. The third kappa shape index (κ3) is 2.02. The maximum absolute atomic E-state index is 9.91. The summed E-state index contributed by atoms with van der Waals surface area (Å²) >= 11 is 0. The Morgan fingerprint density at radius 3 is 3.11 bits per heavy atom. The molecule has 18 heavy (non-hydrogen) atoms. The highest BCUT2D eigenvalue weighted by Crippen LogP contribution is 2.37. The molecule has 2 N–H and O–H groups in total. The summed E-state index contributed by atoms with van der Waals surface area (Å²) in [6.07, 6.45) is 2.25. The van der Waals surface area contributed by atoms with Crippen LogP contribution in [0.3, 0.4) is 0 Å². The Labute approximate surface area is 109 Å². The normalized spacial score (nSPS) is 34.6. The number of benzene rings is 1. The predicted octanol–water partition coefficient (Wildman–Crippen LogP) is 1.86. The molecular weight excluding hydrogens is 224 g/mol. The Morgan fingerprint density at radius 1 is 1.44 bits per heavy atom. The number of hydrogen-bond donors (Lipinski definition) is 2. The zero-order chi connectivity index (χ0) is 12.6. The van der Waals surface area contributed by atoms with Crippen LogP contribution in [0.25, 0.3) is 0 Å². The lowest BCUT2D eigenvalue weighted by Gasteiger charge is -2.43. The smallest absolute Gasteiger partial charge is 0.0665 e. The van der Waals surface area contributed by atoms with E-state index in [-0.39, 0.29) is 12.1 Å². The predicted molar refractivity (Wildman–Crippen MR) is 73.8 cm³/mol. The molecule has 0 spiro atoms. The van der Waals surface area contributed by atoms with Crippen molar-refractivity contribution in [2.45, 2.75) is 25.3 Å². The lowest BCUT2D eigenvalue weighted by molar-refractivity contribution is 0.112. The average molecular weight is 246 g/mol. The number of piperidine rings is 1. The number of anilines is 1. The molecule has 2 bridgehead atoms. The molecule has 3 rings (SSSR count). The van der Waals surface area contributed by atoms with Gasteiger partial charge in [-0.15, -0.1) is 0 Å². The Morgan fingerprint density at radius 2 is 2.33 bits per heavy atom. The molecule has 3 unspecified atom stereocenters. The highest BCUT2D eigenvalue weighted by Gasteiger charge is 2.45. The second kappa shape index (κ2) is 4.56. The van der Waals surface area contributed by atoms with E-state index in [1.807, 2.05) is 0 Å². The molecule has 1 aromatic rings. The van der Waals surface area contributed by atoms with Crippen LogP contribution in [0.15, 0.2) is 24.3 Å². The molecule has 3 atom stereocenters. The average Bonchev–Trinajstić information content (AvgIpc) is 2.78. The van der Waals surface area contributed by atoms with Crippen LogP contribution in [-0.2, 0) is 0 Å². The van der Waals surface area contributed by atoms with Gasteiger partial charge in [0, 0.05) is 18.8 Å². The molecule has 0 aliphatic carbocycles. The van der Waals surface area contributed by atoms with E-state index < -0.39 is 0 Å². The molecule has 3 heteroatoms. The number of aliphatic hydroxyl groups is 1. The topological polar surface area (TPSA) is 35.5 Å². The first-order valence-corrected chi connectivity index (χ1v) is 6.90. The maximum atomic E-state index is 9.91. The van der Waals surface area contributed by atoms with Crippen LogP contribution in [0.1, 0.15) is 18.4 Å². The number of hydrogen-bond acceptors (Lipinski definition) is 3. The van der Waals surface area contributed by atoms with Gasteiger partial charge in [0.25, 0.3) is 0 Å². The van der Waals surface area contributed by atoms with Gasteiger partial charge in [-0.25, -0.2) is 0 Å². The number of nitrogens with one attached hydrogen (secondary N) is 1. The Kier molecular flexibility index (Phi) is 3.04.